The first kappa shape index (κ1) is 34.0. The lowest BCUT2D eigenvalue weighted by Crippen LogP contribution is -2.39. The Morgan fingerprint density at radius 3 is 1.77 bits per heavy atom. The first-order valence-corrected chi connectivity index (χ1v) is 11.1. The van der Waals surface area contributed by atoms with Gasteiger partial charge in [0.1, 0.15) is 0 Å². The van der Waals surface area contributed by atoms with Gasteiger partial charge in [0.25, 0.3) is 5.91 Å². The van der Waals surface area contributed by atoms with Gasteiger partial charge in [-0.25, -0.2) is 14.6 Å². The molecule has 4 rings (SSSR count). The Balaban J connectivity index is 0.000000384. The molecule has 1 unspecified atom stereocenters. The fraction of sp³-hybridized carbons (Fsp3) is 0.167. The normalized spacial score (nSPS) is 12.2. The summed E-state index contributed by atoms with van der Waals surface area (Å²) in [7, 11) is 0. The summed E-state index contributed by atoms with van der Waals surface area (Å²) >= 11 is 0. The van der Waals surface area contributed by atoms with Crippen molar-refractivity contribution < 1.29 is 64.1 Å². The van der Waals surface area contributed by atoms with Crippen molar-refractivity contribution in [2.45, 2.75) is 24.6 Å². The molecule has 0 aliphatic heterocycles. The molecule has 3 N–H and O–H groups in total. The monoisotopic (exact) mass is 625 g/mol. The molecule has 10 nitrogen and oxygen atoms in total. The topological polar surface area (TPSA) is 147 Å². The summed E-state index contributed by atoms with van der Waals surface area (Å²) in [5.41, 5.74) is 1.45. The number of fused-ring (bicyclic) bond motifs is 1. The summed E-state index contributed by atoms with van der Waals surface area (Å²) in [6, 6.07) is 10.5. The Morgan fingerprint density at radius 2 is 1.30 bits per heavy atom. The minimum atomic E-state index is -5.08. The van der Waals surface area contributed by atoms with Gasteiger partial charge >= 0.3 is 30.5 Å². The van der Waals surface area contributed by atoms with Gasteiger partial charge in [-0.15, -0.1) is 0 Å². The first-order valence-electron chi connectivity index (χ1n) is 11.1. The lowest BCUT2D eigenvalue weighted by atomic mass is 10.1. The molecule has 0 radical (unpaired) electrons. The number of alkyl halides is 9. The highest BCUT2D eigenvalue weighted by atomic mass is 19.4. The van der Waals surface area contributed by atoms with Crippen molar-refractivity contribution in [3.63, 3.8) is 0 Å². The second kappa shape index (κ2) is 13.6. The smallest absolute Gasteiger partial charge is 0.475 e. The van der Waals surface area contributed by atoms with Crippen LogP contribution < -0.4 is 5.32 Å². The molecule has 230 valence electrons. The number of carbonyl (C=O) groups excluding carboxylic acids is 1. The van der Waals surface area contributed by atoms with Gasteiger partial charge in [-0.2, -0.15) is 39.5 Å². The molecule has 0 spiro atoms. The molecular formula is C24H16F9N5O5. The van der Waals surface area contributed by atoms with Crippen LogP contribution in [0.3, 0.4) is 0 Å². The zero-order valence-corrected chi connectivity index (χ0v) is 20.8. The number of rotatable bonds is 4. The third-order valence-corrected chi connectivity index (χ3v) is 4.78. The number of hydrogen-bond acceptors (Lipinski definition) is 6. The Bertz CT molecular complexity index is 1520. The highest BCUT2D eigenvalue weighted by Crippen LogP contribution is 2.32. The average Bonchev–Trinajstić information content (AvgIpc) is 3.31. The van der Waals surface area contributed by atoms with Crippen LogP contribution in [0, 0.1) is 0 Å². The van der Waals surface area contributed by atoms with E-state index >= 15 is 0 Å². The zero-order valence-electron chi connectivity index (χ0n) is 20.8. The van der Waals surface area contributed by atoms with Gasteiger partial charge in [-0.05, 0) is 36.4 Å². The van der Waals surface area contributed by atoms with Gasteiger partial charge < -0.3 is 15.5 Å². The van der Waals surface area contributed by atoms with Gasteiger partial charge in [0, 0.05) is 30.4 Å². The summed E-state index contributed by atoms with van der Waals surface area (Å²) in [6.45, 7) is 0. The number of nitrogens with one attached hydrogen (secondary N) is 1. The molecule has 4 aromatic rings. The van der Waals surface area contributed by atoms with Crippen molar-refractivity contribution >= 4 is 23.4 Å². The van der Waals surface area contributed by atoms with E-state index in [0.29, 0.717) is 16.8 Å². The molecule has 4 heterocycles. The summed E-state index contributed by atoms with van der Waals surface area (Å²) < 4.78 is 106. The van der Waals surface area contributed by atoms with Crippen LogP contribution in [0.1, 0.15) is 22.4 Å². The van der Waals surface area contributed by atoms with Crippen LogP contribution >= 0.6 is 0 Å². The highest BCUT2D eigenvalue weighted by Gasteiger charge is 2.43. The third kappa shape index (κ3) is 9.68. The van der Waals surface area contributed by atoms with Crippen molar-refractivity contribution in [2.75, 3.05) is 0 Å². The molecular weight excluding hydrogens is 609 g/mol. The van der Waals surface area contributed by atoms with E-state index in [0.717, 1.165) is 0 Å². The molecule has 0 aromatic carbocycles. The van der Waals surface area contributed by atoms with E-state index in [1.165, 1.54) is 28.8 Å². The molecule has 0 saturated heterocycles. The molecule has 0 aliphatic carbocycles. The number of aromatic nitrogens is 4. The number of aliphatic carboxylic acids is 2. The number of carbonyl (C=O) groups is 3. The Kier molecular flexibility index (Phi) is 10.8. The van der Waals surface area contributed by atoms with Crippen LogP contribution in [0.25, 0.3) is 16.8 Å². The van der Waals surface area contributed by atoms with E-state index in [2.05, 4.69) is 15.0 Å². The number of carboxylic acids is 2. The SMILES string of the molecule is O=C(NC(c1ccccn1)C(F)(F)F)c1nc(-c2ccncc2)c2ccccn12.O=C(O)C(F)(F)F.O=C(O)C(F)(F)F. The predicted molar refractivity (Wildman–Crippen MR) is 126 cm³/mol. The minimum absolute atomic E-state index is 0.155. The number of carboxylic acid groups (broad SMARTS) is 2. The van der Waals surface area contributed by atoms with Crippen LogP contribution in [0.5, 0.6) is 0 Å². The first-order chi connectivity index (χ1) is 19.8. The number of halogens is 9. The lowest BCUT2D eigenvalue weighted by molar-refractivity contribution is -0.193. The fourth-order valence-corrected chi connectivity index (χ4v) is 2.99. The molecule has 0 aliphatic rings. The van der Waals surface area contributed by atoms with Crippen LogP contribution in [0.4, 0.5) is 39.5 Å². The van der Waals surface area contributed by atoms with E-state index in [1.807, 2.05) is 5.32 Å². The quantitative estimate of drug-likeness (QED) is 0.266. The standard InChI is InChI=1S/C20H14F3N5O.2C2HF3O2/c21-20(22,23)17(14-5-1-3-9-25-14)27-19(29)18-26-16(13-7-10-24-11-8-13)15-6-2-4-12-28(15)18;2*3-2(4,5)1(6)7/h1-12,17H,(H,27,29);2*(H,6,7). The number of imidazole rings is 1. The summed E-state index contributed by atoms with van der Waals surface area (Å²) in [6.07, 6.45) is -8.92. The van der Waals surface area contributed by atoms with Gasteiger partial charge in [0.15, 0.2) is 6.04 Å². The Labute approximate surface area is 233 Å². The van der Waals surface area contributed by atoms with Crippen molar-refractivity contribution in [1.82, 2.24) is 24.7 Å². The number of nitrogens with zero attached hydrogens (tertiary/aromatic N) is 4. The molecule has 1 atom stereocenters. The van der Waals surface area contributed by atoms with Crippen molar-refractivity contribution in [3.05, 3.63) is 84.8 Å². The average molecular weight is 625 g/mol. The maximum absolute atomic E-state index is 13.6. The molecule has 0 fully saturated rings. The van der Waals surface area contributed by atoms with Gasteiger partial charge in [0.2, 0.25) is 5.82 Å². The van der Waals surface area contributed by atoms with Crippen molar-refractivity contribution in [1.29, 1.82) is 0 Å². The van der Waals surface area contributed by atoms with E-state index in [-0.39, 0.29) is 11.5 Å². The van der Waals surface area contributed by atoms with Crippen LogP contribution in [0.15, 0.2) is 73.3 Å². The highest BCUT2D eigenvalue weighted by molar-refractivity contribution is 5.94. The Morgan fingerprint density at radius 1 is 0.767 bits per heavy atom. The molecule has 1 amide bonds. The second-order valence-corrected chi connectivity index (χ2v) is 7.78. The van der Waals surface area contributed by atoms with E-state index in [9.17, 15) is 44.3 Å². The molecule has 0 bridgehead atoms. The number of hydrogen-bond donors (Lipinski definition) is 3. The van der Waals surface area contributed by atoms with Gasteiger partial charge in [-0.1, -0.05) is 12.1 Å². The predicted octanol–water partition coefficient (Wildman–Crippen LogP) is 5.09. The number of amides is 1. The molecule has 4 aromatic heterocycles. The summed E-state index contributed by atoms with van der Waals surface area (Å²) in [5.74, 6) is -6.63. The van der Waals surface area contributed by atoms with E-state index < -0.39 is 42.4 Å². The van der Waals surface area contributed by atoms with E-state index in [4.69, 9.17) is 19.8 Å². The Hall–Kier alpha value is -5.23. The molecule has 43 heavy (non-hydrogen) atoms. The summed E-state index contributed by atoms with van der Waals surface area (Å²) in [4.78, 5) is 42.6. The maximum Gasteiger partial charge on any atom is 0.490 e. The molecule has 19 heteroatoms. The molecule has 0 saturated carbocycles. The third-order valence-electron chi connectivity index (χ3n) is 4.78. The minimum Gasteiger partial charge on any atom is -0.475 e. The second-order valence-electron chi connectivity index (χ2n) is 7.78. The van der Waals surface area contributed by atoms with Gasteiger partial charge in [-0.3, -0.25) is 19.2 Å². The van der Waals surface area contributed by atoms with Crippen LogP contribution in [-0.2, 0) is 9.59 Å². The lowest BCUT2D eigenvalue weighted by Gasteiger charge is -2.20. The van der Waals surface area contributed by atoms with Crippen LogP contribution in [-0.4, -0.2) is 65.9 Å². The van der Waals surface area contributed by atoms with Crippen molar-refractivity contribution in [2.24, 2.45) is 0 Å². The van der Waals surface area contributed by atoms with E-state index in [1.54, 1.807) is 48.9 Å². The fourth-order valence-electron chi connectivity index (χ4n) is 2.99. The maximum atomic E-state index is 13.6. The van der Waals surface area contributed by atoms with Gasteiger partial charge in [0.05, 0.1) is 16.9 Å². The zero-order chi connectivity index (χ0) is 32.6. The summed E-state index contributed by atoms with van der Waals surface area (Å²) in [5, 5.41) is 16.3. The van der Waals surface area contributed by atoms with Crippen LogP contribution in [0.2, 0.25) is 0 Å². The van der Waals surface area contributed by atoms with Crippen molar-refractivity contribution in [3.8, 4) is 11.3 Å². The largest absolute Gasteiger partial charge is 0.490 e. The number of pyridine rings is 3.